The lowest BCUT2D eigenvalue weighted by Gasteiger charge is -1.75. The van der Waals surface area contributed by atoms with Gasteiger partial charge in [-0.25, -0.2) is 0 Å². The fraction of sp³-hybridized carbons (Fsp3) is 0.250. The molecule has 0 bridgehead atoms. The molecule has 0 radical (unpaired) electrons. The molecule has 0 saturated heterocycles. The highest BCUT2D eigenvalue weighted by atomic mass is 16.6. The highest BCUT2D eigenvalue weighted by molar-refractivity contribution is 5.68. The van der Waals surface area contributed by atoms with Crippen LogP contribution < -0.4 is 0 Å². The van der Waals surface area contributed by atoms with E-state index >= 15 is 0 Å². The summed E-state index contributed by atoms with van der Waals surface area (Å²) < 4.78 is 0. The zero-order chi connectivity index (χ0) is 4.99. The summed E-state index contributed by atoms with van der Waals surface area (Å²) in [6.45, 7) is 3.22. The third kappa shape index (κ3) is 3.21. The van der Waals surface area contributed by atoms with Crippen molar-refractivity contribution in [2.75, 3.05) is 0 Å². The lowest BCUT2D eigenvalue weighted by atomic mass is 10.7. The lowest BCUT2D eigenvalue weighted by Crippen LogP contribution is -1.88. The number of carboxylic acids is 1. The molecule has 0 spiro atoms. The van der Waals surface area contributed by atoms with Crippen LogP contribution in [0.15, 0.2) is 12.7 Å². The second kappa shape index (κ2) is 2.45. The van der Waals surface area contributed by atoms with Gasteiger partial charge in [0.2, 0.25) is 0 Å². The van der Waals surface area contributed by atoms with Gasteiger partial charge >= 0.3 is 5.97 Å². The third-order valence-electron chi connectivity index (χ3n) is 0.319. The minimum absolute atomic E-state index is 0.0556. The highest BCUT2D eigenvalue weighted by Gasteiger charge is 1.84. The van der Waals surface area contributed by atoms with Gasteiger partial charge in [-0.1, -0.05) is 6.08 Å². The first-order chi connectivity index (χ1) is 2.77. The van der Waals surface area contributed by atoms with Gasteiger partial charge in [0.1, 0.15) is 0 Å². The average molecular weight is 88.1 g/mol. The third-order valence-corrected chi connectivity index (χ3v) is 0.319. The molecule has 6 heavy (non-hydrogen) atoms. The molecule has 1 N–H and O–H groups in total. The van der Waals surface area contributed by atoms with Crippen LogP contribution in [0, 0.1) is 0 Å². The molecule has 0 fully saturated rings. The Hall–Kier alpha value is -0.790. The Labute approximate surface area is 36.1 Å². The summed E-state index contributed by atoms with van der Waals surface area (Å²) in [5.41, 5.74) is 0. The molecule has 0 heterocycles. The molecule has 0 unspecified atom stereocenters. The van der Waals surface area contributed by atoms with Crippen molar-refractivity contribution in [3.8, 4) is 0 Å². The molecule has 0 aliphatic carbocycles. The minimum atomic E-state index is -0.829. The minimum Gasteiger partial charge on any atom is -0.481 e. The van der Waals surface area contributed by atoms with Crippen molar-refractivity contribution >= 4 is 5.97 Å². The molecule has 0 aromatic carbocycles. The Kier molecular flexibility index (Phi) is 2.13. The van der Waals surface area contributed by atoms with Crippen LogP contribution in [-0.4, -0.2) is 11.1 Å². The molecule has 0 amide bonds. The predicted octanol–water partition coefficient (Wildman–Crippen LogP) is 0.647. The maximum absolute atomic E-state index is 9.53. The first-order valence-corrected chi connectivity index (χ1v) is 1.60. The summed E-state index contributed by atoms with van der Waals surface area (Å²) in [7, 11) is 0. The lowest BCUT2D eigenvalue weighted by molar-refractivity contribution is -0.135. The van der Waals surface area contributed by atoms with Crippen molar-refractivity contribution in [3.05, 3.63) is 12.7 Å². The molecular weight excluding hydrogens is 82.0 g/mol. The van der Waals surface area contributed by atoms with Crippen molar-refractivity contribution in [1.82, 2.24) is 0 Å². The summed E-state index contributed by atoms with van der Waals surface area (Å²) >= 11 is 0. The molecule has 2 nitrogen and oxygen atoms in total. The number of aliphatic carboxylic acids is 1. The van der Waals surface area contributed by atoms with Crippen molar-refractivity contribution in [1.29, 1.82) is 0 Å². The van der Waals surface area contributed by atoms with E-state index in [9.17, 15) is 4.79 Å². The van der Waals surface area contributed by atoms with E-state index in [0.717, 1.165) is 0 Å². The topological polar surface area (TPSA) is 37.3 Å². The van der Waals surface area contributed by atoms with Crippen LogP contribution in [-0.2, 0) is 4.79 Å². The molecular formula is C4H6O2. The number of carbonyl (C=O) groups is 1. The van der Waals surface area contributed by atoms with E-state index < -0.39 is 5.97 Å². The largest absolute Gasteiger partial charge is 0.481 e. The Morgan fingerprint density at radius 3 is 2.50 bits per heavy atom. The second-order valence-electron chi connectivity index (χ2n) is 0.887. The highest BCUT2D eigenvalue weighted by Crippen LogP contribution is 1.74. The van der Waals surface area contributed by atoms with Gasteiger partial charge in [0, 0.05) is 0 Å². The maximum Gasteiger partial charge on any atom is 0.307 e. The number of hydrogen-bond donors (Lipinski definition) is 1. The van der Waals surface area contributed by atoms with Crippen LogP contribution in [0.1, 0.15) is 6.42 Å². The van der Waals surface area contributed by atoms with Crippen LogP contribution in [0.2, 0.25) is 0 Å². The summed E-state index contributed by atoms with van der Waals surface area (Å²) in [4.78, 5) is 9.53. The molecule has 34 valence electrons. The maximum atomic E-state index is 9.53. The molecule has 0 saturated carbocycles. The second-order valence-corrected chi connectivity index (χ2v) is 0.887. The molecule has 2 heteroatoms. The molecule has 0 rings (SSSR count). The summed E-state index contributed by atoms with van der Waals surface area (Å²) in [6.07, 6.45) is 1.41. The van der Waals surface area contributed by atoms with E-state index in [-0.39, 0.29) is 6.42 Å². The number of carboxylic acid groups (broad SMARTS) is 1. The van der Waals surface area contributed by atoms with E-state index in [1.54, 1.807) is 0 Å². The fourth-order valence-electron chi connectivity index (χ4n) is 0.123. The smallest absolute Gasteiger partial charge is 0.307 e. The monoisotopic (exact) mass is 88.0 g/mol. The van der Waals surface area contributed by atoms with E-state index in [0.29, 0.717) is 0 Å². The Morgan fingerprint density at radius 2 is 2.50 bits per heavy atom. The Bertz CT molecular complexity index is 65.9. The van der Waals surface area contributed by atoms with Gasteiger partial charge < -0.3 is 5.11 Å². The van der Waals surface area contributed by atoms with E-state index in [2.05, 4.69) is 6.58 Å². The summed E-state index contributed by atoms with van der Waals surface area (Å²) in [5.74, 6) is -0.829. The average Bonchev–Trinajstić information content (AvgIpc) is 1.35. The van der Waals surface area contributed by atoms with Crippen LogP contribution in [0.5, 0.6) is 0 Å². The standard InChI is InChI=1S/C4H6O2/c1-2-3-4(5)6/h2H,1,3H2,(H,5,6)/i4+2. The van der Waals surface area contributed by atoms with Gasteiger partial charge in [-0.15, -0.1) is 6.58 Å². The zero-order valence-electron chi connectivity index (χ0n) is 3.35. The Morgan fingerprint density at radius 1 is 2.00 bits per heavy atom. The fourth-order valence-corrected chi connectivity index (χ4v) is 0.123. The molecule has 0 atom stereocenters. The summed E-state index contributed by atoms with van der Waals surface area (Å²) in [6, 6.07) is 0. The quantitative estimate of drug-likeness (QED) is 0.503. The van der Waals surface area contributed by atoms with Gasteiger partial charge in [0.05, 0.1) is 6.42 Å². The van der Waals surface area contributed by atoms with Crippen molar-refractivity contribution < 1.29 is 9.90 Å². The van der Waals surface area contributed by atoms with Gasteiger partial charge in [-0.2, -0.15) is 0 Å². The van der Waals surface area contributed by atoms with E-state index in [1.165, 1.54) is 6.08 Å². The first-order valence-electron chi connectivity index (χ1n) is 1.60. The number of rotatable bonds is 2. The van der Waals surface area contributed by atoms with Crippen LogP contribution in [0.3, 0.4) is 0 Å². The SMILES string of the molecule is C=CC[14C](=O)O. The van der Waals surface area contributed by atoms with Crippen LogP contribution in [0.4, 0.5) is 0 Å². The van der Waals surface area contributed by atoms with E-state index in [4.69, 9.17) is 5.11 Å². The van der Waals surface area contributed by atoms with Gasteiger partial charge in [-0.3, -0.25) is 4.79 Å². The van der Waals surface area contributed by atoms with Crippen molar-refractivity contribution in [2.45, 2.75) is 6.42 Å². The molecule has 0 aliphatic heterocycles. The summed E-state index contributed by atoms with van der Waals surface area (Å²) in [5, 5.41) is 7.84. The zero-order valence-corrected chi connectivity index (χ0v) is 3.35. The molecule has 0 aromatic rings. The van der Waals surface area contributed by atoms with Crippen molar-refractivity contribution in [3.63, 3.8) is 0 Å². The van der Waals surface area contributed by atoms with Gasteiger partial charge in [0.25, 0.3) is 0 Å². The predicted molar refractivity (Wildman–Crippen MR) is 22.4 cm³/mol. The molecule has 0 aromatic heterocycles. The molecule has 0 aliphatic rings. The van der Waals surface area contributed by atoms with Crippen LogP contribution >= 0.6 is 0 Å². The van der Waals surface area contributed by atoms with Crippen LogP contribution in [0.25, 0.3) is 0 Å². The van der Waals surface area contributed by atoms with Gasteiger partial charge in [0.15, 0.2) is 0 Å². The Balaban J connectivity index is 3.05. The normalized spacial score (nSPS) is 7.33. The number of hydrogen-bond acceptors (Lipinski definition) is 1. The first kappa shape index (κ1) is 5.21. The van der Waals surface area contributed by atoms with Crippen molar-refractivity contribution in [2.24, 2.45) is 0 Å². The van der Waals surface area contributed by atoms with Gasteiger partial charge in [-0.05, 0) is 0 Å². The van der Waals surface area contributed by atoms with E-state index in [1.807, 2.05) is 0 Å².